The first kappa shape index (κ1) is 23.9. The standard InChI is InChI=1S/C15H14N.C12H11.2ClH.Ti/c1-11-7-12(2)16(10-11)15-8-13-5-3-4-6-14(13)9-15;1-2-6-11(7-3-1)10-12-8-4-5-9-12;;;/h3-10H,1-2H3;1-4,6-8H,5,10H2;2*1H;/q;;;;+2/p-2. The predicted molar refractivity (Wildman–Crippen MR) is 118 cm³/mol. The van der Waals surface area contributed by atoms with Crippen LogP contribution in [0.15, 0.2) is 88.5 Å². The number of aromatic nitrogens is 1. The minimum absolute atomic E-state index is 0. The van der Waals surface area contributed by atoms with E-state index in [0.717, 1.165) is 12.8 Å². The van der Waals surface area contributed by atoms with Gasteiger partial charge in [-0.05, 0) is 0 Å². The molecule has 1 heterocycles. The van der Waals surface area contributed by atoms with Gasteiger partial charge in [-0.2, -0.15) is 0 Å². The fraction of sp³-hybridized carbons (Fsp3) is 0.185. The number of allylic oxidation sites excluding steroid dienone is 5. The summed E-state index contributed by atoms with van der Waals surface area (Å²) in [5, 5.41) is 0. The SMILES string of the molecule is Cc1cc(C)n(C2=Cc3ccccc3[CH]2[Ti+2][C]2=C(Cc3ccccc3)C=CC2)c1.[Cl-].[Cl-]. The van der Waals surface area contributed by atoms with Crippen molar-refractivity contribution >= 4 is 11.8 Å². The van der Waals surface area contributed by atoms with Gasteiger partial charge in [0.25, 0.3) is 0 Å². The molecule has 0 amide bonds. The van der Waals surface area contributed by atoms with Crippen LogP contribution in [0.5, 0.6) is 0 Å². The summed E-state index contributed by atoms with van der Waals surface area (Å²) >= 11 is -0.321. The molecule has 0 saturated heterocycles. The van der Waals surface area contributed by atoms with Gasteiger partial charge in [0.2, 0.25) is 0 Å². The third-order valence-electron chi connectivity index (χ3n) is 5.92. The van der Waals surface area contributed by atoms with Gasteiger partial charge in [-0.3, -0.25) is 0 Å². The summed E-state index contributed by atoms with van der Waals surface area (Å²) in [6.45, 7) is 4.42. The zero-order valence-corrected chi connectivity index (χ0v) is 20.9. The molecular weight excluding hydrogens is 457 g/mol. The molecule has 0 saturated carbocycles. The van der Waals surface area contributed by atoms with Gasteiger partial charge in [0.15, 0.2) is 0 Å². The van der Waals surface area contributed by atoms with Crippen LogP contribution in [0.25, 0.3) is 11.8 Å². The normalized spacial score (nSPS) is 16.3. The Bertz CT molecular complexity index is 1150. The minimum atomic E-state index is -0.321. The fourth-order valence-electron chi connectivity index (χ4n) is 4.55. The van der Waals surface area contributed by atoms with Gasteiger partial charge in [0.05, 0.1) is 0 Å². The second-order valence-corrected chi connectivity index (χ2v) is 10.4. The van der Waals surface area contributed by atoms with Crippen LogP contribution in [-0.4, -0.2) is 4.57 Å². The fourth-order valence-corrected chi connectivity index (χ4v) is 7.25. The third-order valence-corrected chi connectivity index (χ3v) is 8.68. The molecule has 3 aromatic rings. The molecule has 156 valence electrons. The molecule has 4 heteroatoms. The van der Waals surface area contributed by atoms with Crippen molar-refractivity contribution in [2.75, 3.05) is 0 Å². The molecule has 2 aromatic carbocycles. The van der Waals surface area contributed by atoms with E-state index < -0.39 is 0 Å². The molecule has 1 atom stereocenters. The largest absolute Gasteiger partial charge is 1.00 e. The number of halogens is 2. The van der Waals surface area contributed by atoms with Crippen molar-refractivity contribution in [3.8, 4) is 0 Å². The van der Waals surface area contributed by atoms with E-state index in [4.69, 9.17) is 0 Å². The molecule has 1 nitrogen and oxygen atoms in total. The topological polar surface area (TPSA) is 4.93 Å². The summed E-state index contributed by atoms with van der Waals surface area (Å²) < 4.78 is 4.68. The maximum absolute atomic E-state index is 2.43. The molecular formula is C27H25Cl2NTi. The number of aryl methyl sites for hydroxylation is 2. The van der Waals surface area contributed by atoms with Crippen molar-refractivity contribution in [3.05, 3.63) is 116 Å². The molecule has 5 rings (SSSR count). The molecule has 0 spiro atoms. The maximum atomic E-state index is 2.43. The van der Waals surface area contributed by atoms with E-state index in [2.05, 4.69) is 104 Å². The predicted octanol–water partition coefficient (Wildman–Crippen LogP) is 0.705. The molecule has 0 N–H and O–H groups in total. The summed E-state index contributed by atoms with van der Waals surface area (Å²) in [6.07, 6.45) is 11.7. The maximum Gasteiger partial charge on any atom is -1.00 e. The summed E-state index contributed by atoms with van der Waals surface area (Å²) in [6, 6.07) is 22.2. The first-order valence-corrected chi connectivity index (χ1v) is 12.0. The van der Waals surface area contributed by atoms with Crippen molar-refractivity contribution in [2.45, 2.75) is 30.9 Å². The van der Waals surface area contributed by atoms with Crippen LogP contribution in [0.4, 0.5) is 0 Å². The number of hydrogen-bond donors (Lipinski definition) is 0. The minimum Gasteiger partial charge on any atom is -1.00 e. The quantitative estimate of drug-likeness (QED) is 0.473. The molecule has 0 radical (unpaired) electrons. The van der Waals surface area contributed by atoms with E-state index in [1.807, 2.05) is 0 Å². The second kappa shape index (κ2) is 10.2. The van der Waals surface area contributed by atoms with Crippen molar-refractivity contribution in [1.82, 2.24) is 4.57 Å². The first-order valence-electron chi connectivity index (χ1n) is 10.3. The van der Waals surface area contributed by atoms with Gasteiger partial charge >= 0.3 is 183 Å². The van der Waals surface area contributed by atoms with Crippen LogP contribution in [-0.2, 0) is 25.6 Å². The Morgan fingerprint density at radius 2 is 1.71 bits per heavy atom. The van der Waals surface area contributed by atoms with E-state index in [-0.39, 0.29) is 44.0 Å². The van der Waals surface area contributed by atoms with E-state index in [1.165, 1.54) is 33.6 Å². The van der Waals surface area contributed by atoms with Crippen LogP contribution >= 0.6 is 0 Å². The van der Waals surface area contributed by atoms with Gasteiger partial charge in [-0.15, -0.1) is 0 Å². The summed E-state index contributed by atoms with van der Waals surface area (Å²) in [5.74, 6) is 0. The van der Waals surface area contributed by atoms with Crippen LogP contribution in [0.1, 0.15) is 38.6 Å². The van der Waals surface area contributed by atoms with E-state index in [9.17, 15) is 0 Å². The number of benzene rings is 2. The Labute approximate surface area is 206 Å². The summed E-state index contributed by atoms with van der Waals surface area (Å²) in [4.78, 5) is 0. The van der Waals surface area contributed by atoms with Crippen molar-refractivity contribution in [1.29, 1.82) is 0 Å². The molecule has 0 fully saturated rings. The Hall–Kier alpha value is -1.77. The molecule has 0 aliphatic heterocycles. The van der Waals surface area contributed by atoms with E-state index in [1.54, 1.807) is 9.45 Å². The Kier molecular flexibility index (Phi) is 7.89. The number of hydrogen-bond acceptors (Lipinski definition) is 0. The molecule has 2 aliphatic carbocycles. The zero-order chi connectivity index (χ0) is 19.8. The molecule has 2 aliphatic rings. The molecule has 1 aromatic heterocycles. The van der Waals surface area contributed by atoms with Crippen LogP contribution in [0.3, 0.4) is 0 Å². The number of rotatable bonds is 5. The van der Waals surface area contributed by atoms with Gasteiger partial charge in [0, 0.05) is 0 Å². The first-order chi connectivity index (χ1) is 14.2. The van der Waals surface area contributed by atoms with Crippen LogP contribution in [0.2, 0.25) is 0 Å². The van der Waals surface area contributed by atoms with Gasteiger partial charge in [0.1, 0.15) is 0 Å². The van der Waals surface area contributed by atoms with Crippen molar-refractivity contribution in [3.63, 3.8) is 0 Å². The Balaban J connectivity index is 0.00000136. The number of nitrogens with zero attached hydrogens (tertiary/aromatic N) is 1. The monoisotopic (exact) mass is 481 g/mol. The van der Waals surface area contributed by atoms with Gasteiger partial charge in [-0.1, -0.05) is 0 Å². The van der Waals surface area contributed by atoms with E-state index in [0.29, 0.717) is 4.22 Å². The Morgan fingerprint density at radius 3 is 2.45 bits per heavy atom. The summed E-state index contributed by atoms with van der Waals surface area (Å²) in [7, 11) is 0. The molecule has 31 heavy (non-hydrogen) atoms. The van der Waals surface area contributed by atoms with Crippen molar-refractivity contribution < 1.29 is 44.0 Å². The average molecular weight is 482 g/mol. The van der Waals surface area contributed by atoms with Gasteiger partial charge < -0.3 is 24.8 Å². The zero-order valence-electron chi connectivity index (χ0n) is 17.8. The third kappa shape index (κ3) is 4.86. The molecule has 0 bridgehead atoms. The summed E-state index contributed by atoms with van der Waals surface area (Å²) in [5.41, 5.74) is 10.0. The van der Waals surface area contributed by atoms with Crippen molar-refractivity contribution in [2.24, 2.45) is 0 Å². The number of fused-ring (bicyclic) bond motifs is 1. The van der Waals surface area contributed by atoms with Crippen LogP contribution in [0, 0.1) is 13.8 Å². The average Bonchev–Trinajstić information content (AvgIpc) is 3.41. The second-order valence-electron chi connectivity index (χ2n) is 8.08. The van der Waals surface area contributed by atoms with E-state index >= 15 is 0 Å². The van der Waals surface area contributed by atoms with Crippen LogP contribution < -0.4 is 24.8 Å². The van der Waals surface area contributed by atoms with Gasteiger partial charge in [-0.25, -0.2) is 0 Å². The molecule has 1 unspecified atom stereocenters. The Morgan fingerprint density at radius 1 is 0.968 bits per heavy atom. The smallest absolute Gasteiger partial charge is 1.00 e.